The second kappa shape index (κ2) is 3.18. The van der Waals surface area contributed by atoms with E-state index in [1.807, 2.05) is 18.2 Å². The van der Waals surface area contributed by atoms with E-state index in [0.29, 0.717) is 12.1 Å². The molecule has 0 amide bonds. The third-order valence-electron chi connectivity index (χ3n) is 2.22. The zero-order valence-electron chi connectivity index (χ0n) is 7.19. The number of hydrogen-bond acceptors (Lipinski definition) is 3. The van der Waals surface area contributed by atoms with Crippen LogP contribution in [0.4, 0.5) is 0 Å². The molecule has 2 rings (SSSR count). The largest absolute Gasteiger partial charge is 0.457 e. The van der Waals surface area contributed by atoms with Gasteiger partial charge in [0.25, 0.3) is 0 Å². The summed E-state index contributed by atoms with van der Waals surface area (Å²) in [5.41, 5.74) is 7.16. The van der Waals surface area contributed by atoms with Crippen LogP contribution >= 0.6 is 0 Å². The van der Waals surface area contributed by atoms with Gasteiger partial charge >= 0.3 is 5.97 Å². The highest BCUT2D eigenvalue weighted by molar-refractivity contribution is 5.92. The number of fused-ring (bicyclic) bond motifs is 1. The predicted molar refractivity (Wildman–Crippen MR) is 48.4 cm³/mol. The van der Waals surface area contributed by atoms with Crippen LogP contribution in [-0.2, 0) is 11.2 Å². The highest BCUT2D eigenvalue weighted by Crippen LogP contribution is 2.19. The number of hydrogen-bond donors (Lipinski definition) is 1. The Morgan fingerprint density at radius 3 is 3.00 bits per heavy atom. The van der Waals surface area contributed by atoms with Crippen LogP contribution in [0.2, 0.25) is 0 Å². The van der Waals surface area contributed by atoms with Gasteiger partial charge < -0.3 is 10.5 Å². The molecule has 0 spiro atoms. The van der Waals surface area contributed by atoms with Crippen LogP contribution in [0.25, 0.3) is 0 Å². The second-order valence-electron chi connectivity index (χ2n) is 3.12. The van der Waals surface area contributed by atoms with E-state index in [9.17, 15) is 4.79 Å². The average Bonchev–Trinajstić information content (AvgIpc) is 2.18. The maximum Gasteiger partial charge on any atom is 0.338 e. The number of cyclic esters (lactones) is 1. The minimum Gasteiger partial charge on any atom is -0.457 e. The van der Waals surface area contributed by atoms with Crippen molar-refractivity contribution in [3.8, 4) is 0 Å². The molecule has 1 atom stereocenters. The number of nitrogens with two attached hydrogens (primary N) is 1. The smallest absolute Gasteiger partial charge is 0.338 e. The molecule has 0 aromatic heterocycles. The average molecular weight is 177 g/mol. The summed E-state index contributed by atoms with van der Waals surface area (Å²) in [5, 5.41) is 0. The van der Waals surface area contributed by atoms with Gasteiger partial charge in [-0.3, -0.25) is 0 Å². The summed E-state index contributed by atoms with van der Waals surface area (Å²) < 4.78 is 5.10. The summed E-state index contributed by atoms with van der Waals surface area (Å²) >= 11 is 0. The maximum absolute atomic E-state index is 11.4. The molecule has 1 aromatic rings. The van der Waals surface area contributed by atoms with Crippen molar-refractivity contribution in [2.24, 2.45) is 5.73 Å². The Morgan fingerprint density at radius 1 is 1.46 bits per heavy atom. The summed E-state index contributed by atoms with van der Waals surface area (Å²) in [6.45, 7) is 0.389. The molecular weight excluding hydrogens is 166 g/mol. The third-order valence-corrected chi connectivity index (χ3v) is 2.22. The van der Waals surface area contributed by atoms with Gasteiger partial charge in [0.1, 0.15) is 6.10 Å². The highest BCUT2D eigenvalue weighted by Gasteiger charge is 2.24. The Bertz CT molecular complexity index is 335. The molecule has 2 N–H and O–H groups in total. The number of ether oxygens (including phenoxy) is 1. The molecular formula is C10H11NO2. The zero-order chi connectivity index (χ0) is 9.26. The van der Waals surface area contributed by atoms with Crippen LogP contribution in [-0.4, -0.2) is 18.6 Å². The quantitative estimate of drug-likeness (QED) is 0.643. The van der Waals surface area contributed by atoms with E-state index in [1.165, 1.54) is 0 Å². The zero-order valence-corrected chi connectivity index (χ0v) is 7.19. The van der Waals surface area contributed by atoms with E-state index in [2.05, 4.69) is 0 Å². The molecule has 3 heteroatoms. The number of benzene rings is 1. The Hall–Kier alpha value is -1.35. The molecule has 0 radical (unpaired) electrons. The number of carbonyl (C=O) groups is 1. The van der Waals surface area contributed by atoms with Crippen LogP contribution in [0.15, 0.2) is 24.3 Å². The molecule has 1 aliphatic heterocycles. The summed E-state index contributed by atoms with van der Waals surface area (Å²) in [6, 6.07) is 7.48. The van der Waals surface area contributed by atoms with E-state index in [4.69, 9.17) is 10.5 Å². The van der Waals surface area contributed by atoms with Gasteiger partial charge in [-0.1, -0.05) is 18.2 Å². The van der Waals surface area contributed by atoms with E-state index in [0.717, 1.165) is 12.0 Å². The minimum atomic E-state index is -0.252. The van der Waals surface area contributed by atoms with Crippen molar-refractivity contribution in [1.29, 1.82) is 0 Å². The molecule has 0 fully saturated rings. The van der Waals surface area contributed by atoms with Crippen LogP contribution in [0.3, 0.4) is 0 Å². The third kappa shape index (κ3) is 1.42. The fourth-order valence-corrected chi connectivity index (χ4v) is 1.53. The SMILES string of the molecule is NCC1Cc2ccccc2C(=O)O1. The van der Waals surface area contributed by atoms with Crippen LogP contribution in [0, 0.1) is 0 Å². The molecule has 0 aliphatic carbocycles. The van der Waals surface area contributed by atoms with E-state index in [1.54, 1.807) is 6.07 Å². The molecule has 1 aliphatic rings. The van der Waals surface area contributed by atoms with Crippen molar-refractivity contribution in [3.05, 3.63) is 35.4 Å². The van der Waals surface area contributed by atoms with Crippen molar-refractivity contribution >= 4 is 5.97 Å². The lowest BCUT2D eigenvalue weighted by atomic mass is 9.99. The standard InChI is InChI=1S/C10H11NO2/c11-6-8-5-7-3-1-2-4-9(7)10(12)13-8/h1-4,8H,5-6,11H2. The van der Waals surface area contributed by atoms with Gasteiger partial charge in [0.05, 0.1) is 5.56 Å². The Balaban J connectivity index is 2.37. The Labute approximate surface area is 76.5 Å². The molecule has 0 saturated carbocycles. The lowest BCUT2D eigenvalue weighted by Crippen LogP contribution is -2.33. The lowest BCUT2D eigenvalue weighted by molar-refractivity contribution is 0.0279. The van der Waals surface area contributed by atoms with E-state index < -0.39 is 0 Å². The molecule has 0 saturated heterocycles. The van der Waals surface area contributed by atoms with Crippen LogP contribution in [0.1, 0.15) is 15.9 Å². The molecule has 3 nitrogen and oxygen atoms in total. The minimum absolute atomic E-state index is 0.151. The van der Waals surface area contributed by atoms with Gasteiger partial charge in [0.15, 0.2) is 0 Å². The number of esters is 1. The van der Waals surface area contributed by atoms with Crippen LogP contribution in [0.5, 0.6) is 0 Å². The maximum atomic E-state index is 11.4. The van der Waals surface area contributed by atoms with Gasteiger partial charge in [0.2, 0.25) is 0 Å². The van der Waals surface area contributed by atoms with Crippen molar-refractivity contribution < 1.29 is 9.53 Å². The van der Waals surface area contributed by atoms with Crippen molar-refractivity contribution in [1.82, 2.24) is 0 Å². The van der Waals surface area contributed by atoms with Gasteiger partial charge in [0, 0.05) is 13.0 Å². The number of rotatable bonds is 1. The lowest BCUT2D eigenvalue weighted by Gasteiger charge is -2.23. The first kappa shape index (κ1) is 8.26. The first-order valence-electron chi connectivity index (χ1n) is 4.30. The van der Waals surface area contributed by atoms with Gasteiger partial charge in [-0.05, 0) is 11.6 Å². The molecule has 13 heavy (non-hydrogen) atoms. The van der Waals surface area contributed by atoms with Crippen molar-refractivity contribution in [2.45, 2.75) is 12.5 Å². The Kier molecular flexibility index (Phi) is 2.02. The highest BCUT2D eigenvalue weighted by atomic mass is 16.5. The van der Waals surface area contributed by atoms with Crippen molar-refractivity contribution in [3.63, 3.8) is 0 Å². The Morgan fingerprint density at radius 2 is 2.23 bits per heavy atom. The topological polar surface area (TPSA) is 52.3 Å². The molecule has 0 bridgehead atoms. The normalized spacial score (nSPS) is 20.7. The summed E-state index contributed by atoms with van der Waals surface area (Å²) in [4.78, 5) is 11.4. The summed E-state index contributed by atoms with van der Waals surface area (Å²) in [6.07, 6.45) is 0.584. The first-order chi connectivity index (χ1) is 6.31. The summed E-state index contributed by atoms with van der Waals surface area (Å²) in [7, 11) is 0. The molecule has 1 heterocycles. The fourth-order valence-electron chi connectivity index (χ4n) is 1.53. The van der Waals surface area contributed by atoms with Crippen LogP contribution < -0.4 is 5.73 Å². The van der Waals surface area contributed by atoms with Crippen molar-refractivity contribution in [2.75, 3.05) is 6.54 Å². The van der Waals surface area contributed by atoms with Gasteiger partial charge in [-0.15, -0.1) is 0 Å². The van der Waals surface area contributed by atoms with E-state index in [-0.39, 0.29) is 12.1 Å². The summed E-state index contributed by atoms with van der Waals surface area (Å²) in [5.74, 6) is -0.252. The van der Waals surface area contributed by atoms with Gasteiger partial charge in [-0.2, -0.15) is 0 Å². The fraction of sp³-hybridized carbons (Fsp3) is 0.300. The predicted octanol–water partition coefficient (Wildman–Crippen LogP) is 0.727. The van der Waals surface area contributed by atoms with E-state index >= 15 is 0 Å². The molecule has 1 unspecified atom stereocenters. The number of carbonyl (C=O) groups excluding carboxylic acids is 1. The van der Waals surface area contributed by atoms with Gasteiger partial charge in [-0.25, -0.2) is 4.79 Å². The first-order valence-corrected chi connectivity index (χ1v) is 4.30. The second-order valence-corrected chi connectivity index (χ2v) is 3.12. The molecule has 68 valence electrons. The molecule has 1 aromatic carbocycles. The monoisotopic (exact) mass is 177 g/mol.